The number of morpholine rings is 1. The number of nitrogens with one attached hydrogen (secondary N) is 1. The number of nitrogens with zero attached hydrogens (tertiary/aromatic N) is 1. The lowest BCUT2D eigenvalue weighted by Crippen LogP contribution is -2.47. The van der Waals surface area contributed by atoms with Gasteiger partial charge in [-0.05, 0) is 38.6 Å². The maximum Gasteiger partial charge on any atom is 0.0826 e. The Kier molecular flexibility index (Phi) is 5.26. The minimum atomic E-state index is 0.401. The highest BCUT2D eigenvalue weighted by molar-refractivity contribution is 4.79. The second-order valence-corrected chi connectivity index (χ2v) is 5.79. The highest BCUT2D eigenvalue weighted by Gasteiger charge is 2.22. The highest BCUT2D eigenvalue weighted by Crippen LogP contribution is 2.26. The summed E-state index contributed by atoms with van der Waals surface area (Å²) >= 11 is 0. The first-order valence-corrected chi connectivity index (χ1v) is 7.31. The Morgan fingerprint density at radius 2 is 2.00 bits per heavy atom. The second kappa shape index (κ2) is 6.72. The lowest BCUT2D eigenvalue weighted by atomic mass is 9.84. The maximum atomic E-state index is 5.78. The lowest BCUT2D eigenvalue weighted by Gasteiger charge is -2.33. The Hall–Kier alpha value is -0.120. The van der Waals surface area contributed by atoms with E-state index < -0.39 is 0 Å². The summed E-state index contributed by atoms with van der Waals surface area (Å²) in [7, 11) is 2.18. The van der Waals surface area contributed by atoms with Crippen molar-refractivity contribution in [2.45, 2.75) is 51.2 Å². The van der Waals surface area contributed by atoms with Gasteiger partial charge in [-0.3, -0.25) is 0 Å². The van der Waals surface area contributed by atoms with Gasteiger partial charge >= 0.3 is 0 Å². The van der Waals surface area contributed by atoms with Gasteiger partial charge in [0.25, 0.3) is 0 Å². The van der Waals surface area contributed by atoms with E-state index in [0.29, 0.717) is 6.10 Å². The van der Waals surface area contributed by atoms with Crippen LogP contribution in [0.5, 0.6) is 0 Å². The zero-order valence-electron chi connectivity index (χ0n) is 11.5. The molecule has 1 aliphatic carbocycles. The van der Waals surface area contributed by atoms with E-state index in [-0.39, 0.29) is 0 Å². The van der Waals surface area contributed by atoms with Gasteiger partial charge in [0.05, 0.1) is 12.7 Å². The number of likely N-dealkylation sites (N-methyl/N-ethyl adjacent to an activating group) is 1. The van der Waals surface area contributed by atoms with Gasteiger partial charge in [0.2, 0.25) is 0 Å². The van der Waals surface area contributed by atoms with Crippen molar-refractivity contribution in [2.24, 2.45) is 5.92 Å². The molecule has 100 valence electrons. The monoisotopic (exact) mass is 240 g/mol. The minimum absolute atomic E-state index is 0.401. The molecule has 0 bridgehead atoms. The van der Waals surface area contributed by atoms with Crippen molar-refractivity contribution >= 4 is 0 Å². The Morgan fingerprint density at radius 3 is 2.65 bits per heavy atom. The van der Waals surface area contributed by atoms with E-state index in [1.54, 1.807) is 0 Å². The van der Waals surface area contributed by atoms with Crippen LogP contribution in [0.4, 0.5) is 0 Å². The number of ether oxygens (including phenoxy) is 1. The van der Waals surface area contributed by atoms with Gasteiger partial charge in [0.1, 0.15) is 0 Å². The summed E-state index contributed by atoms with van der Waals surface area (Å²) in [4.78, 5) is 2.36. The normalized spacial score (nSPS) is 36.0. The van der Waals surface area contributed by atoms with E-state index in [9.17, 15) is 0 Å². The third-order valence-corrected chi connectivity index (χ3v) is 4.40. The first kappa shape index (κ1) is 13.3. The van der Waals surface area contributed by atoms with Crippen molar-refractivity contribution < 1.29 is 4.74 Å². The van der Waals surface area contributed by atoms with Gasteiger partial charge < -0.3 is 15.0 Å². The molecule has 0 radical (unpaired) electrons. The van der Waals surface area contributed by atoms with E-state index in [4.69, 9.17) is 4.74 Å². The van der Waals surface area contributed by atoms with Gasteiger partial charge in [-0.2, -0.15) is 0 Å². The molecule has 0 aromatic carbocycles. The minimum Gasteiger partial charge on any atom is -0.374 e. The molecule has 0 aromatic heterocycles. The summed E-state index contributed by atoms with van der Waals surface area (Å²) in [6.45, 7) is 6.41. The van der Waals surface area contributed by atoms with Crippen LogP contribution < -0.4 is 5.32 Å². The fourth-order valence-electron chi connectivity index (χ4n) is 3.06. The molecule has 1 aliphatic heterocycles. The van der Waals surface area contributed by atoms with Crippen LogP contribution in [0.2, 0.25) is 0 Å². The largest absolute Gasteiger partial charge is 0.374 e. The van der Waals surface area contributed by atoms with Crippen molar-refractivity contribution in [3.63, 3.8) is 0 Å². The average molecular weight is 240 g/mol. The molecule has 0 aromatic rings. The SMILES string of the molecule is CCC1CCC(NCC2CN(C)CCO2)CC1. The van der Waals surface area contributed by atoms with Crippen LogP contribution in [-0.4, -0.2) is 50.3 Å². The van der Waals surface area contributed by atoms with Crippen molar-refractivity contribution in [3.05, 3.63) is 0 Å². The van der Waals surface area contributed by atoms with Crippen LogP contribution >= 0.6 is 0 Å². The van der Waals surface area contributed by atoms with Gasteiger partial charge in [0.15, 0.2) is 0 Å². The zero-order chi connectivity index (χ0) is 12.1. The number of rotatable bonds is 4. The molecule has 17 heavy (non-hydrogen) atoms. The van der Waals surface area contributed by atoms with E-state index >= 15 is 0 Å². The molecule has 3 nitrogen and oxygen atoms in total. The van der Waals surface area contributed by atoms with Crippen LogP contribution in [0.3, 0.4) is 0 Å². The van der Waals surface area contributed by atoms with E-state index in [2.05, 4.69) is 24.2 Å². The molecule has 1 saturated heterocycles. The molecular weight excluding hydrogens is 212 g/mol. The van der Waals surface area contributed by atoms with Crippen molar-refractivity contribution in [3.8, 4) is 0 Å². The first-order valence-electron chi connectivity index (χ1n) is 7.31. The summed E-state index contributed by atoms with van der Waals surface area (Å²) in [5.41, 5.74) is 0. The molecule has 2 fully saturated rings. The van der Waals surface area contributed by atoms with Crippen LogP contribution in [0, 0.1) is 5.92 Å². The highest BCUT2D eigenvalue weighted by atomic mass is 16.5. The number of hydrogen-bond donors (Lipinski definition) is 1. The standard InChI is InChI=1S/C14H28N2O/c1-3-12-4-6-13(7-5-12)15-10-14-11-16(2)8-9-17-14/h12-15H,3-11H2,1-2H3. The summed E-state index contributed by atoms with van der Waals surface area (Å²) in [5.74, 6) is 0.991. The third-order valence-electron chi connectivity index (χ3n) is 4.40. The average Bonchev–Trinajstić information content (AvgIpc) is 2.37. The van der Waals surface area contributed by atoms with Crippen LogP contribution in [0.15, 0.2) is 0 Å². The molecule has 0 spiro atoms. The van der Waals surface area contributed by atoms with Gasteiger partial charge in [-0.25, -0.2) is 0 Å². The van der Waals surface area contributed by atoms with Crippen molar-refractivity contribution in [1.82, 2.24) is 10.2 Å². The summed E-state index contributed by atoms with van der Waals surface area (Å²) in [5, 5.41) is 3.70. The fourth-order valence-corrected chi connectivity index (χ4v) is 3.06. The topological polar surface area (TPSA) is 24.5 Å². The predicted octanol–water partition coefficient (Wildman–Crippen LogP) is 1.88. The summed E-state index contributed by atoms with van der Waals surface area (Å²) < 4.78 is 5.78. The molecule has 1 atom stereocenters. The summed E-state index contributed by atoms with van der Waals surface area (Å²) in [6, 6.07) is 0.744. The Morgan fingerprint density at radius 1 is 1.24 bits per heavy atom. The smallest absolute Gasteiger partial charge is 0.0826 e. The van der Waals surface area contributed by atoms with Crippen molar-refractivity contribution in [2.75, 3.05) is 33.3 Å². The molecular formula is C14H28N2O. The predicted molar refractivity (Wildman–Crippen MR) is 71.3 cm³/mol. The maximum absolute atomic E-state index is 5.78. The van der Waals surface area contributed by atoms with E-state index in [0.717, 1.165) is 38.2 Å². The molecule has 0 amide bonds. The first-order chi connectivity index (χ1) is 8.28. The van der Waals surface area contributed by atoms with Crippen LogP contribution in [-0.2, 0) is 4.74 Å². The molecule has 2 rings (SSSR count). The van der Waals surface area contributed by atoms with Gasteiger partial charge in [-0.1, -0.05) is 13.3 Å². The van der Waals surface area contributed by atoms with Gasteiger partial charge in [0, 0.05) is 25.7 Å². The van der Waals surface area contributed by atoms with Crippen LogP contribution in [0.25, 0.3) is 0 Å². The quantitative estimate of drug-likeness (QED) is 0.812. The van der Waals surface area contributed by atoms with E-state index in [1.165, 1.54) is 32.1 Å². The van der Waals surface area contributed by atoms with Crippen LogP contribution in [0.1, 0.15) is 39.0 Å². The molecule has 1 saturated carbocycles. The van der Waals surface area contributed by atoms with Gasteiger partial charge in [-0.15, -0.1) is 0 Å². The molecule has 1 unspecified atom stereocenters. The van der Waals surface area contributed by atoms with Crippen molar-refractivity contribution in [1.29, 1.82) is 0 Å². The zero-order valence-corrected chi connectivity index (χ0v) is 11.5. The molecule has 1 N–H and O–H groups in total. The Balaban J connectivity index is 1.62. The molecule has 3 heteroatoms. The fraction of sp³-hybridized carbons (Fsp3) is 1.00. The second-order valence-electron chi connectivity index (χ2n) is 5.79. The Bertz CT molecular complexity index is 214. The Labute approximate surface area is 106 Å². The summed E-state index contributed by atoms with van der Waals surface area (Å²) in [6.07, 6.45) is 7.32. The molecule has 2 aliphatic rings. The number of hydrogen-bond acceptors (Lipinski definition) is 3. The third kappa shape index (κ3) is 4.23. The van der Waals surface area contributed by atoms with E-state index in [1.807, 2.05) is 0 Å². The molecule has 1 heterocycles. The lowest BCUT2D eigenvalue weighted by molar-refractivity contribution is -0.0199.